The van der Waals surface area contributed by atoms with Crippen LogP contribution >= 0.6 is 0 Å². The van der Waals surface area contributed by atoms with E-state index >= 15 is 0 Å². The summed E-state index contributed by atoms with van der Waals surface area (Å²) in [6.07, 6.45) is 7.17. The van der Waals surface area contributed by atoms with E-state index in [0.29, 0.717) is 0 Å². The molecule has 0 aromatic carbocycles. The van der Waals surface area contributed by atoms with Gasteiger partial charge in [0.2, 0.25) is 0 Å². The van der Waals surface area contributed by atoms with E-state index in [1.165, 1.54) is 0 Å². The van der Waals surface area contributed by atoms with Gasteiger partial charge in [0.05, 0.1) is 25.6 Å². The van der Waals surface area contributed by atoms with Gasteiger partial charge in [0.15, 0.2) is 17.0 Å². The summed E-state index contributed by atoms with van der Waals surface area (Å²) in [7, 11) is 0. The zero-order chi connectivity index (χ0) is 17.1. The lowest BCUT2D eigenvalue weighted by Crippen LogP contribution is -2.44. The molecule has 8 heteroatoms. The minimum absolute atomic E-state index is 0. The smallest absolute Gasteiger partial charge is 0.165 e. The Kier molecular flexibility index (Phi) is 6.39. The van der Waals surface area contributed by atoms with Crippen LogP contribution in [-0.4, -0.2) is 69.6 Å². The second kappa shape index (κ2) is 8.75. The minimum atomic E-state index is -0.219. The molecular formula is C18H30N6O2. The third-order valence-electron chi connectivity index (χ3n) is 5.15. The van der Waals surface area contributed by atoms with Crippen molar-refractivity contribution < 1.29 is 9.84 Å². The number of morpholine rings is 1. The number of anilines is 1. The molecule has 2 aliphatic heterocycles. The molecule has 2 aromatic rings. The number of nitrogens with one attached hydrogen (secondary N) is 1. The SMILES string of the molecule is C.O[C@H]1CCCN[C@@H]1CCCn1cnc2c(N3CCOCC3)ncnc21. The number of aromatic nitrogens is 4. The monoisotopic (exact) mass is 362 g/mol. The van der Waals surface area contributed by atoms with Crippen LogP contribution in [0.4, 0.5) is 5.82 Å². The van der Waals surface area contributed by atoms with Crippen LogP contribution in [-0.2, 0) is 11.3 Å². The first-order valence-electron chi connectivity index (χ1n) is 9.23. The summed E-state index contributed by atoms with van der Waals surface area (Å²) in [6.45, 7) is 4.98. The van der Waals surface area contributed by atoms with Gasteiger partial charge in [-0.2, -0.15) is 0 Å². The fourth-order valence-corrected chi connectivity index (χ4v) is 3.75. The molecule has 2 fully saturated rings. The lowest BCUT2D eigenvalue weighted by molar-refractivity contribution is 0.0909. The van der Waals surface area contributed by atoms with E-state index in [-0.39, 0.29) is 19.6 Å². The van der Waals surface area contributed by atoms with Crippen LogP contribution in [0.15, 0.2) is 12.7 Å². The van der Waals surface area contributed by atoms with Crippen molar-refractivity contribution in [3.63, 3.8) is 0 Å². The Labute approximate surface area is 154 Å². The molecule has 8 nitrogen and oxygen atoms in total. The number of hydrogen-bond acceptors (Lipinski definition) is 7. The molecule has 2 N–H and O–H groups in total. The summed E-state index contributed by atoms with van der Waals surface area (Å²) in [5.41, 5.74) is 1.74. The molecule has 0 amide bonds. The van der Waals surface area contributed by atoms with Crippen molar-refractivity contribution in [2.24, 2.45) is 0 Å². The molecule has 2 aromatic heterocycles. The highest BCUT2D eigenvalue weighted by Gasteiger charge is 2.22. The number of aliphatic hydroxyl groups is 1. The maximum atomic E-state index is 10.1. The zero-order valence-electron chi connectivity index (χ0n) is 14.5. The van der Waals surface area contributed by atoms with Crippen LogP contribution in [0.2, 0.25) is 0 Å². The van der Waals surface area contributed by atoms with E-state index < -0.39 is 0 Å². The second-order valence-electron chi connectivity index (χ2n) is 6.82. The van der Waals surface area contributed by atoms with Crippen LogP contribution in [0.5, 0.6) is 0 Å². The molecule has 2 aliphatic rings. The molecule has 0 radical (unpaired) electrons. The molecule has 26 heavy (non-hydrogen) atoms. The highest BCUT2D eigenvalue weighted by molar-refractivity contribution is 5.83. The van der Waals surface area contributed by atoms with Gasteiger partial charge in [-0.15, -0.1) is 0 Å². The summed E-state index contributed by atoms with van der Waals surface area (Å²) < 4.78 is 7.51. The van der Waals surface area contributed by atoms with Crippen molar-refractivity contribution >= 4 is 17.0 Å². The molecule has 4 heterocycles. The number of imidazole rings is 1. The highest BCUT2D eigenvalue weighted by Crippen LogP contribution is 2.23. The van der Waals surface area contributed by atoms with E-state index in [0.717, 1.165) is 82.1 Å². The predicted octanol–water partition coefficient (Wildman–Crippen LogP) is 1.19. The number of ether oxygens (including phenoxy) is 1. The molecule has 4 rings (SSSR count). The number of nitrogens with zero attached hydrogens (tertiary/aromatic N) is 5. The lowest BCUT2D eigenvalue weighted by atomic mass is 9.97. The normalized spacial score (nSPS) is 23.8. The van der Waals surface area contributed by atoms with E-state index in [2.05, 4.69) is 29.7 Å². The Bertz CT molecular complexity index is 700. The molecule has 0 bridgehead atoms. The van der Waals surface area contributed by atoms with Crippen molar-refractivity contribution in [3.8, 4) is 0 Å². The number of hydrogen-bond donors (Lipinski definition) is 2. The van der Waals surface area contributed by atoms with Crippen LogP contribution in [0, 0.1) is 0 Å². The molecule has 144 valence electrons. The first kappa shape index (κ1) is 19.0. The molecule has 0 aliphatic carbocycles. The Morgan fingerprint density at radius 3 is 2.88 bits per heavy atom. The topological polar surface area (TPSA) is 88.3 Å². The molecule has 2 saturated heterocycles. The Balaban J connectivity index is 0.00000196. The summed E-state index contributed by atoms with van der Waals surface area (Å²) in [6, 6.07) is 0.210. The summed E-state index contributed by atoms with van der Waals surface area (Å²) in [5.74, 6) is 0.899. The van der Waals surface area contributed by atoms with Crippen LogP contribution < -0.4 is 10.2 Å². The van der Waals surface area contributed by atoms with Gasteiger partial charge in [-0.25, -0.2) is 15.0 Å². The first-order chi connectivity index (χ1) is 12.3. The largest absolute Gasteiger partial charge is 0.392 e. The molecule has 0 spiro atoms. The van der Waals surface area contributed by atoms with Gasteiger partial charge in [-0.1, -0.05) is 7.43 Å². The summed E-state index contributed by atoms with van der Waals surface area (Å²) in [5, 5.41) is 13.5. The zero-order valence-corrected chi connectivity index (χ0v) is 14.5. The van der Waals surface area contributed by atoms with Gasteiger partial charge in [0.1, 0.15) is 6.33 Å². The number of aliphatic hydroxyl groups excluding tert-OH is 1. The molecule has 0 unspecified atom stereocenters. The predicted molar refractivity (Wildman–Crippen MR) is 101 cm³/mol. The summed E-state index contributed by atoms with van der Waals surface area (Å²) in [4.78, 5) is 15.7. The van der Waals surface area contributed by atoms with Gasteiger partial charge >= 0.3 is 0 Å². The minimum Gasteiger partial charge on any atom is -0.392 e. The van der Waals surface area contributed by atoms with Crippen molar-refractivity contribution in [1.82, 2.24) is 24.8 Å². The van der Waals surface area contributed by atoms with E-state index in [1.807, 2.05) is 6.33 Å². The highest BCUT2D eigenvalue weighted by atomic mass is 16.5. The average Bonchev–Trinajstić information content (AvgIpc) is 3.07. The Hall–Kier alpha value is -1.77. The fraction of sp³-hybridized carbons (Fsp3) is 0.722. The van der Waals surface area contributed by atoms with E-state index in [9.17, 15) is 5.11 Å². The van der Waals surface area contributed by atoms with Crippen LogP contribution in [0.3, 0.4) is 0 Å². The maximum Gasteiger partial charge on any atom is 0.165 e. The van der Waals surface area contributed by atoms with Crippen LogP contribution in [0.25, 0.3) is 11.2 Å². The second-order valence-corrected chi connectivity index (χ2v) is 6.82. The Morgan fingerprint density at radius 1 is 1.23 bits per heavy atom. The Morgan fingerprint density at radius 2 is 2.08 bits per heavy atom. The van der Waals surface area contributed by atoms with Gasteiger partial charge in [-0.05, 0) is 32.2 Å². The van der Waals surface area contributed by atoms with E-state index in [1.54, 1.807) is 6.33 Å². The van der Waals surface area contributed by atoms with Crippen molar-refractivity contribution in [3.05, 3.63) is 12.7 Å². The number of piperidine rings is 1. The fourth-order valence-electron chi connectivity index (χ4n) is 3.75. The standard InChI is InChI=1S/C17H26N6O2.CH4/c24-14-4-1-5-18-13(14)3-2-6-23-12-21-15-16(19-11-20-17(15)23)22-7-9-25-10-8-22;/h11-14,18,24H,1-10H2;1H4/t13-,14+;/m1./s1. The molecule has 2 atom stereocenters. The van der Waals surface area contributed by atoms with Gasteiger partial charge < -0.3 is 24.6 Å². The lowest BCUT2D eigenvalue weighted by Gasteiger charge is -2.29. The third-order valence-corrected chi connectivity index (χ3v) is 5.15. The third kappa shape index (κ3) is 3.97. The average molecular weight is 362 g/mol. The van der Waals surface area contributed by atoms with Crippen molar-refractivity contribution in [1.29, 1.82) is 0 Å². The maximum absolute atomic E-state index is 10.1. The van der Waals surface area contributed by atoms with Gasteiger partial charge in [0.25, 0.3) is 0 Å². The van der Waals surface area contributed by atoms with Crippen molar-refractivity contribution in [2.75, 3.05) is 37.7 Å². The summed E-state index contributed by atoms with van der Waals surface area (Å²) >= 11 is 0. The van der Waals surface area contributed by atoms with Gasteiger partial charge in [0, 0.05) is 25.7 Å². The van der Waals surface area contributed by atoms with Gasteiger partial charge in [-0.3, -0.25) is 0 Å². The number of aryl methyl sites for hydroxylation is 1. The van der Waals surface area contributed by atoms with Crippen molar-refractivity contribution in [2.45, 2.75) is 51.8 Å². The number of fused-ring (bicyclic) bond motifs is 1. The molecular weight excluding hydrogens is 332 g/mol. The van der Waals surface area contributed by atoms with Crippen LogP contribution in [0.1, 0.15) is 33.1 Å². The van der Waals surface area contributed by atoms with E-state index in [4.69, 9.17) is 4.74 Å². The molecule has 0 saturated carbocycles. The quantitative estimate of drug-likeness (QED) is 0.826. The number of rotatable bonds is 5. The first-order valence-corrected chi connectivity index (χ1v) is 9.23.